The maximum atomic E-state index is 13.9. The lowest BCUT2D eigenvalue weighted by molar-refractivity contribution is 0.0966. The fourth-order valence-electron chi connectivity index (χ4n) is 2.61. The Kier molecular flexibility index (Phi) is 3.51. The number of para-hydroxylation sites is 1. The summed E-state index contributed by atoms with van der Waals surface area (Å²) in [4.78, 5) is 20.6. The van der Waals surface area contributed by atoms with Crippen molar-refractivity contribution < 1.29 is 14.4 Å². The van der Waals surface area contributed by atoms with Gasteiger partial charge in [0.1, 0.15) is 11.3 Å². The third-order valence-corrected chi connectivity index (χ3v) is 3.68. The Labute approximate surface area is 131 Å². The van der Waals surface area contributed by atoms with Gasteiger partial charge in [0.25, 0.3) is 5.91 Å². The van der Waals surface area contributed by atoms with Crippen molar-refractivity contribution in [2.24, 2.45) is 0 Å². The van der Waals surface area contributed by atoms with Crippen LogP contribution in [0, 0.1) is 19.7 Å². The van der Waals surface area contributed by atoms with Crippen LogP contribution in [-0.2, 0) is 6.54 Å². The molecule has 2 heterocycles. The van der Waals surface area contributed by atoms with Crippen molar-refractivity contribution in [3.8, 4) is 0 Å². The molecular weight excluding hydrogens is 301 g/mol. The number of nitrogens with one attached hydrogen (secondary N) is 1. The van der Waals surface area contributed by atoms with Crippen molar-refractivity contribution >= 4 is 22.9 Å². The van der Waals surface area contributed by atoms with Crippen molar-refractivity contribution in [1.82, 2.24) is 19.3 Å². The van der Waals surface area contributed by atoms with Crippen LogP contribution in [0.5, 0.6) is 0 Å². The SMILES string of the molecule is CCn1c(NC(=O)c2c(C)nc(C)n2O)nc2c(F)cccc21. The molecule has 0 saturated carbocycles. The second-order valence-electron chi connectivity index (χ2n) is 5.15. The number of carbonyl (C=O) groups excluding carboxylic acids is 1. The Morgan fingerprint density at radius 2 is 2.09 bits per heavy atom. The zero-order valence-corrected chi connectivity index (χ0v) is 13.0. The van der Waals surface area contributed by atoms with E-state index in [1.807, 2.05) is 6.92 Å². The first kappa shape index (κ1) is 15.0. The molecule has 1 aromatic carbocycles. The summed E-state index contributed by atoms with van der Waals surface area (Å²) < 4.78 is 16.3. The Hall–Kier alpha value is -2.90. The highest BCUT2D eigenvalue weighted by Gasteiger charge is 2.21. The number of aryl methyl sites for hydroxylation is 3. The Balaban J connectivity index is 2.04. The van der Waals surface area contributed by atoms with E-state index in [1.165, 1.54) is 6.07 Å². The number of carbonyl (C=O) groups is 1. The quantitative estimate of drug-likeness (QED) is 0.727. The molecule has 3 rings (SSSR count). The average molecular weight is 317 g/mol. The highest BCUT2D eigenvalue weighted by atomic mass is 19.1. The van der Waals surface area contributed by atoms with Gasteiger partial charge in [-0.3, -0.25) is 10.1 Å². The smallest absolute Gasteiger partial charge is 0.280 e. The molecule has 23 heavy (non-hydrogen) atoms. The van der Waals surface area contributed by atoms with Gasteiger partial charge in [-0.1, -0.05) is 6.07 Å². The van der Waals surface area contributed by atoms with Crippen molar-refractivity contribution in [1.29, 1.82) is 0 Å². The number of aromatic nitrogens is 4. The number of imidazole rings is 2. The first-order valence-corrected chi connectivity index (χ1v) is 7.15. The van der Waals surface area contributed by atoms with Crippen LogP contribution in [0.3, 0.4) is 0 Å². The lowest BCUT2D eigenvalue weighted by Gasteiger charge is -2.08. The Morgan fingerprint density at radius 1 is 1.35 bits per heavy atom. The van der Waals surface area contributed by atoms with Gasteiger partial charge in [0.15, 0.2) is 11.5 Å². The third-order valence-electron chi connectivity index (χ3n) is 3.68. The number of nitrogens with zero attached hydrogens (tertiary/aromatic N) is 4. The molecule has 7 nitrogen and oxygen atoms in total. The molecule has 0 atom stereocenters. The van der Waals surface area contributed by atoms with Crippen molar-refractivity contribution in [2.45, 2.75) is 27.3 Å². The first-order chi connectivity index (χ1) is 10.9. The summed E-state index contributed by atoms with van der Waals surface area (Å²) in [5, 5.41) is 12.5. The fraction of sp³-hybridized carbons (Fsp3) is 0.267. The van der Waals surface area contributed by atoms with Gasteiger partial charge in [0.05, 0.1) is 11.2 Å². The average Bonchev–Trinajstić information content (AvgIpc) is 2.97. The molecule has 2 N–H and O–H groups in total. The number of anilines is 1. The summed E-state index contributed by atoms with van der Waals surface area (Å²) in [5.41, 5.74) is 1.20. The van der Waals surface area contributed by atoms with E-state index in [0.717, 1.165) is 4.73 Å². The summed E-state index contributed by atoms with van der Waals surface area (Å²) in [6.07, 6.45) is 0. The zero-order chi connectivity index (χ0) is 16.7. The molecule has 0 bridgehead atoms. The summed E-state index contributed by atoms with van der Waals surface area (Å²) in [5.74, 6) is -0.487. The van der Waals surface area contributed by atoms with Crippen LogP contribution >= 0.6 is 0 Å². The van der Waals surface area contributed by atoms with E-state index >= 15 is 0 Å². The van der Waals surface area contributed by atoms with Gasteiger partial charge in [-0.05, 0) is 32.9 Å². The van der Waals surface area contributed by atoms with E-state index in [0.29, 0.717) is 23.6 Å². The molecule has 0 aliphatic heterocycles. The molecule has 0 aliphatic carbocycles. The molecule has 8 heteroatoms. The number of amides is 1. The van der Waals surface area contributed by atoms with Crippen molar-refractivity contribution in [2.75, 3.05) is 5.32 Å². The van der Waals surface area contributed by atoms with Gasteiger partial charge >= 0.3 is 0 Å². The molecule has 0 unspecified atom stereocenters. The second kappa shape index (κ2) is 5.38. The van der Waals surface area contributed by atoms with E-state index in [2.05, 4.69) is 15.3 Å². The zero-order valence-electron chi connectivity index (χ0n) is 13.0. The van der Waals surface area contributed by atoms with Crippen LogP contribution in [0.25, 0.3) is 11.0 Å². The van der Waals surface area contributed by atoms with Crippen LogP contribution in [0.4, 0.5) is 10.3 Å². The van der Waals surface area contributed by atoms with Crippen LogP contribution < -0.4 is 5.32 Å². The molecule has 0 saturated heterocycles. The van der Waals surface area contributed by atoms with Gasteiger partial charge in [-0.25, -0.2) is 14.4 Å². The maximum Gasteiger partial charge on any atom is 0.280 e. The third kappa shape index (κ3) is 2.32. The van der Waals surface area contributed by atoms with Crippen molar-refractivity contribution in [3.63, 3.8) is 0 Å². The predicted octanol–water partition coefficient (Wildman–Crippen LogP) is 2.50. The van der Waals surface area contributed by atoms with Crippen LogP contribution in [0.1, 0.15) is 28.9 Å². The molecule has 120 valence electrons. The summed E-state index contributed by atoms with van der Waals surface area (Å²) >= 11 is 0. The van der Waals surface area contributed by atoms with Crippen molar-refractivity contribution in [3.05, 3.63) is 41.2 Å². The van der Waals surface area contributed by atoms with Crippen LogP contribution in [-0.4, -0.2) is 30.4 Å². The lowest BCUT2D eigenvalue weighted by Crippen LogP contribution is -2.20. The standard InChI is InChI=1S/C15H16FN5O2/c1-4-20-11-7-5-6-10(16)12(11)18-15(20)19-14(22)13-8(2)17-9(3)21(13)23/h5-7,23H,4H2,1-3H3,(H,18,19,22). The summed E-state index contributed by atoms with van der Waals surface area (Å²) in [6.45, 7) is 5.58. The largest absolute Gasteiger partial charge is 0.426 e. The fourth-order valence-corrected chi connectivity index (χ4v) is 2.61. The Morgan fingerprint density at radius 3 is 2.70 bits per heavy atom. The van der Waals surface area contributed by atoms with Crippen LogP contribution in [0.15, 0.2) is 18.2 Å². The van der Waals surface area contributed by atoms with Gasteiger partial charge in [0.2, 0.25) is 5.95 Å². The highest BCUT2D eigenvalue weighted by molar-refractivity contribution is 6.03. The normalized spacial score (nSPS) is 11.1. The molecule has 0 radical (unpaired) electrons. The number of benzene rings is 1. The molecule has 2 aromatic heterocycles. The summed E-state index contributed by atoms with van der Waals surface area (Å²) in [6, 6.07) is 4.64. The molecule has 1 amide bonds. The molecule has 0 fully saturated rings. The van der Waals surface area contributed by atoms with E-state index in [1.54, 1.807) is 30.5 Å². The predicted molar refractivity (Wildman–Crippen MR) is 82.2 cm³/mol. The monoisotopic (exact) mass is 317 g/mol. The number of hydrogen-bond donors (Lipinski definition) is 2. The van der Waals surface area contributed by atoms with E-state index in [9.17, 15) is 14.4 Å². The minimum Gasteiger partial charge on any atom is -0.426 e. The molecule has 0 aliphatic rings. The van der Waals surface area contributed by atoms with Gasteiger partial charge in [0, 0.05) is 6.54 Å². The van der Waals surface area contributed by atoms with Gasteiger partial charge in [-0.2, -0.15) is 4.73 Å². The van der Waals surface area contributed by atoms with Crippen LogP contribution in [0.2, 0.25) is 0 Å². The number of halogens is 1. The molecule has 0 spiro atoms. The van der Waals surface area contributed by atoms with E-state index in [-0.39, 0.29) is 17.2 Å². The van der Waals surface area contributed by atoms with Gasteiger partial charge in [-0.15, -0.1) is 0 Å². The number of hydrogen-bond acceptors (Lipinski definition) is 4. The Bertz CT molecular complexity index is 912. The number of fused-ring (bicyclic) bond motifs is 1. The second-order valence-corrected chi connectivity index (χ2v) is 5.15. The summed E-state index contributed by atoms with van der Waals surface area (Å²) in [7, 11) is 0. The molecule has 3 aromatic rings. The highest BCUT2D eigenvalue weighted by Crippen LogP contribution is 2.22. The lowest BCUT2D eigenvalue weighted by atomic mass is 10.3. The molecular formula is C15H16FN5O2. The van der Waals surface area contributed by atoms with E-state index < -0.39 is 11.7 Å². The first-order valence-electron chi connectivity index (χ1n) is 7.15. The minimum absolute atomic E-state index is 0.0256. The maximum absolute atomic E-state index is 13.9. The van der Waals surface area contributed by atoms with E-state index in [4.69, 9.17) is 0 Å². The number of rotatable bonds is 3. The topological polar surface area (TPSA) is 85.0 Å². The minimum atomic E-state index is -0.559. The van der Waals surface area contributed by atoms with Gasteiger partial charge < -0.3 is 9.77 Å².